The number of carbonyl (C=O) groups is 3. The van der Waals surface area contributed by atoms with Crippen LogP contribution in [0.25, 0.3) is 0 Å². The van der Waals surface area contributed by atoms with Crippen LogP contribution >= 0.6 is 0 Å². The van der Waals surface area contributed by atoms with Gasteiger partial charge in [-0.1, -0.05) is 18.2 Å². The Balaban J connectivity index is 1.50. The number of benzene rings is 2. The van der Waals surface area contributed by atoms with Crippen LogP contribution in [0.2, 0.25) is 0 Å². The second-order valence-corrected chi connectivity index (χ2v) is 8.05. The number of fused-ring (bicyclic) bond motifs is 3. The number of nitrogens with zero attached hydrogens (tertiary/aromatic N) is 2. The number of hydrogen-bond donors (Lipinski definition) is 1. The minimum Gasteiger partial charge on any atom is -0.493 e. The average Bonchev–Trinajstić information content (AvgIpc) is 3.11. The topological polar surface area (TPSA) is 88.2 Å². The molecule has 0 bridgehead atoms. The van der Waals surface area contributed by atoms with E-state index in [1.54, 1.807) is 36.3 Å². The Bertz CT molecular complexity index is 1070. The van der Waals surface area contributed by atoms with Gasteiger partial charge < -0.3 is 19.7 Å². The predicted octanol–water partition coefficient (Wildman–Crippen LogP) is 2.71. The van der Waals surface area contributed by atoms with E-state index in [0.717, 1.165) is 5.56 Å². The van der Waals surface area contributed by atoms with Gasteiger partial charge in [-0.05, 0) is 50.1 Å². The Labute approximate surface area is 187 Å². The Morgan fingerprint density at radius 1 is 1.16 bits per heavy atom. The van der Waals surface area contributed by atoms with Gasteiger partial charge in [-0.15, -0.1) is 0 Å². The van der Waals surface area contributed by atoms with E-state index in [1.807, 2.05) is 32.0 Å². The quantitative estimate of drug-likeness (QED) is 0.720. The van der Waals surface area contributed by atoms with Crippen molar-refractivity contribution in [1.29, 1.82) is 0 Å². The summed E-state index contributed by atoms with van der Waals surface area (Å²) in [7, 11) is 1.56. The lowest BCUT2D eigenvalue weighted by Crippen LogP contribution is -2.63. The zero-order valence-electron chi connectivity index (χ0n) is 18.5. The maximum Gasteiger partial charge on any atom is 0.258 e. The van der Waals surface area contributed by atoms with Crippen LogP contribution in [0.3, 0.4) is 0 Å². The van der Waals surface area contributed by atoms with E-state index in [2.05, 4.69) is 5.32 Å². The van der Waals surface area contributed by atoms with Crippen molar-refractivity contribution in [1.82, 2.24) is 10.2 Å². The van der Waals surface area contributed by atoms with Gasteiger partial charge in [-0.25, -0.2) is 0 Å². The van der Waals surface area contributed by atoms with Gasteiger partial charge in [0.25, 0.3) is 5.91 Å². The van der Waals surface area contributed by atoms with Crippen LogP contribution in [-0.4, -0.2) is 48.5 Å². The highest BCUT2D eigenvalue weighted by Crippen LogP contribution is 2.43. The summed E-state index contributed by atoms with van der Waals surface area (Å²) in [6, 6.07) is 12.5. The highest BCUT2D eigenvalue weighted by molar-refractivity contribution is 6.11. The fourth-order valence-corrected chi connectivity index (χ4v) is 4.44. The van der Waals surface area contributed by atoms with Crippen molar-refractivity contribution >= 4 is 23.4 Å². The van der Waals surface area contributed by atoms with Gasteiger partial charge >= 0.3 is 0 Å². The zero-order chi connectivity index (χ0) is 22.9. The SMILES string of the molecule is CCOc1ccc(CNC(=O)CN2C(=O)c3ccccc3N3C(=O)CCC23C)cc1OC. The maximum atomic E-state index is 13.2. The second kappa shape index (κ2) is 8.53. The number of nitrogens with one attached hydrogen (secondary N) is 1. The third kappa shape index (κ3) is 3.66. The van der Waals surface area contributed by atoms with Gasteiger partial charge in [0.2, 0.25) is 11.8 Å². The first kappa shape index (κ1) is 21.7. The van der Waals surface area contributed by atoms with Gasteiger partial charge in [-0.2, -0.15) is 0 Å². The molecule has 1 fully saturated rings. The largest absolute Gasteiger partial charge is 0.493 e. The minimum absolute atomic E-state index is 0.0423. The number of rotatable bonds is 7. The van der Waals surface area contributed by atoms with Crippen molar-refractivity contribution in [2.75, 3.05) is 25.2 Å². The van der Waals surface area contributed by atoms with Crippen molar-refractivity contribution in [2.45, 2.75) is 38.9 Å². The van der Waals surface area contributed by atoms with Crippen LogP contribution in [0.5, 0.6) is 11.5 Å². The number of methoxy groups -OCH3 is 1. The molecule has 3 amide bonds. The Kier molecular flexibility index (Phi) is 5.78. The summed E-state index contributed by atoms with van der Waals surface area (Å²) in [5.74, 6) is 0.646. The minimum atomic E-state index is -0.859. The molecule has 2 aromatic rings. The van der Waals surface area contributed by atoms with Gasteiger partial charge in [0.1, 0.15) is 12.2 Å². The van der Waals surface area contributed by atoms with Crippen molar-refractivity contribution < 1.29 is 23.9 Å². The lowest BCUT2D eigenvalue weighted by Gasteiger charge is -2.48. The molecule has 8 heteroatoms. The van der Waals surface area contributed by atoms with Crippen molar-refractivity contribution in [2.24, 2.45) is 0 Å². The average molecular weight is 437 g/mol. The summed E-state index contributed by atoms with van der Waals surface area (Å²) in [6.07, 6.45) is 0.817. The molecule has 8 nitrogen and oxygen atoms in total. The van der Waals surface area contributed by atoms with E-state index in [1.165, 1.54) is 4.90 Å². The molecular formula is C24H27N3O5. The van der Waals surface area contributed by atoms with E-state index in [4.69, 9.17) is 9.47 Å². The number of ether oxygens (including phenoxy) is 2. The molecule has 1 unspecified atom stereocenters. The van der Waals surface area contributed by atoms with Crippen LogP contribution in [0.15, 0.2) is 42.5 Å². The lowest BCUT2D eigenvalue weighted by atomic mass is 9.98. The molecule has 2 heterocycles. The molecule has 4 rings (SSSR count). The number of amides is 3. The molecule has 0 spiro atoms. The van der Waals surface area contributed by atoms with Crippen LogP contribution < -0.4 is 19.7 Å². The fourth-order valence-electron chi connectivity index (χ4n) is 4.44. The summed E-state index contributed by atoms with van der Waals surface area (Å²) in [6.45, 7) is 4.41. The molecule has 0 saturated carbocycles. The van der Waals surface area contributed by atoms with E-state index in [0.29, 0.717) is 42.2 Å². The summed E-state index contributed by atoms with van der Waals surface area (Å²) in [4.78, 5) is 41.8. The third-order valence-corrected chi connectivity index (χ3v) is 6.06. The predicted molar refractivity (Wildman–Crippen MR) is 119 cm³/mol. The van der Waals surface area contributed by atoms with Gasteiger partial charge in [0.05, 0.1) is 25.0 Å². The molecule has 1 atom stereocenters. The third-order valence-electron chi connectivity index (χ3n) is 6.06. The number of para-hydroxylation sites is 1. The number of anilines is 1. The van der Waals surface area contributed by atoms with E-state index in [-0.39, 0.29) is 30.8 Å². The molecule has 2 aromatic carbocycles. The smallest absolute Gasteiger partial charge is 0.258 e. The van der Waals surface area contributed by atoms with E-state index >= 15 is 0 Å². The van der Waals surface area contributed by atoms with Crippen LogP contribution in [-0.2, 0) is 16.1 Å². The Morgan fingerprint density at radius 2 is 1.94 bits per heavy atom. The standard InChI is InChI=1S/C24H27N3O5/c1-4-32-19-10-9-16(13-20(19)31-3)14-25-21(28)15-26-23(30)17-7-5-6-8-18(17)27-22(29)11-12-24(26,27)2/h5-10,13H,4,11-12,14-15H2,1-3H3,(H,25,28). The molecule has 1 saturated heterocycles. The van der Waals surface area contributed by atoms with Crippen molar-refractivity contribution in [3.63, 3.8) is 0 Å². The summed E-state index contributed by atoms with van der Waals surface area (Å²) < 4.78 is 10.9. The summed E-state index contributed by atoms with van der Waals surface area (Å²) in [5, 5.41) is 2.87. The molecule has 32 heavy (non-hydrogen) atoms. The first-order valence-electron chi connectivity index (χ1n) is 10.7. The number of hydrogen-bond acceptors (Lipinski definition) is 5. The van der Waals surface area contributed by atoms with Crippen LogP contribution in [0, 0.1) is 0 Å². The van der Waals surface area contributed by atoms with Crippen LogP contribution in [0.4, 0.5) is 5.69 Å². The fraction of sp³-hybridized carbons (Fsp3) is 0.375. The Morgan fingerprint density at radius 3 is 2.69 bits per heavy atom. The molecule has 168 valence electrons. The molecule has 0 aromatic heterocycles. The Hall–Kier alpha value is -3.55. The first-order chi connectivity index (χ1) is 15.4. The summed E-state index contributed by atoms with van der Waals surface area (Å²) >= 11 is 0. The van der Waals surface area contributed by atoms with Crippen molar-refractivity contribution in [3.8, 4) is 11.5 Å². The first-order valence-corrected chi connectivity index (χ1v) is 10.7. The maximum absolute atomic E-state index is 13.2. The molecule has 1 N–H and O–H groups in total. The van der Waals surface area contributed by atoms with Gasteiger partial charge in [0, 0.05) is 13.0 Å². The monoisotopic (exact) mass is 437 g/mol. The van der Waals surface area contributed by atoms with Gasteiger partial charge in [0.15, 0.2) is 11.5 Å². The number of carbonyl (C=O) groups excluding carboxylic acids is 3. The molecule has 0 radical (unpaired) electrons. The highest BCUT2D eigenvalue weighted by atomic mass is 16.5. The van der Waals surface area contributed by atoms with Crippen LogP contribution in [0.1, 0.15) is 42.6 Å². The van der Waals surface area contributed by atoms with Crippen molar-refractivity contribution in [3.05, 3.63) is 53.6 Å². The summed E-state index contributed by atoms with van der Waals surface area (Å²) in [5.41, 5.74) is 1.03. The van der Waals surface area contributed by atoms with E-state index in [9.17, 15) is 14.4 Å². The highest BCUT2D eigenvalue weighted by Gasteiger charge is 2.53. The normalized spacial score (nSPS) is 19.5. The van der Waals surface area contributed by atoms with E-state index < -0.39 is 5.66 Å². The molecule has 0 aliphatic carbocycles. The lowest BCUT2D eigenvalue weighted by molar-refractivity contribution is -0.124. The zero-order valence-corrected chi connectivity index (χ0v) is 18.5. The second-order valence-electron chi connectivity index (χ2n) is 8.05. The molecule has 2 aliphatic rings. The van der Waals surface area contributed by atoms with Gasteiger partial charge in [-0.3, -0.25) is 19.3 Å². The molecule has 2 aliphatic heterocycles. The molecular weight excluding hydrogens is 410 g/mol.